The van der Waals surface area contributed by atoms with Gasteiger partial charge >= 0.3 is 7.60 Å². The molecule has 0 amide bonds. The first kappa shape index (κ1) is 22.3. The monoisotopic (exact) mass is 484 g/mol. The third kappa shape index (κ3) is 4.63. The van der Waals surface area contributed by atoms with Crippen LogP contribution >= 0.6 is 18.9 Å². The van der Waals surface area contributed by atoms with Gasteiger partial charge in [0.1, 0.15) is 5.76 Å². The van der Waals surface area contributed by atoms with Gasteiger partial charge in [-0.05, 0) is 55.0 Å². The summed E-state index contributed by atoms with van der Waals surface area (Å²) in [6.07, 6.45) is 2.32. The Morgan fingerprint density at radius 1 is 1.09 bits per heavy atom. The number of anilines is 1. The van der Waals surface area contributed by atoms with E-state index in [9.17, 15) is 19.5 Å². The predicted octanol–water partition coefficient (Wildman–Crippen LogP) is 4.99. The smallest absolute Gasteiger partial charge is 0.391 e. The number of rotatable bonds is 5. The molecule has 0 radical (unpaired) electrons. The third-order valence-electron chi connectivity index (χ3n) is 6.20. The lowest BCUT2D eigenvalue weighted by Gasteiger charge is -2.32. The molecule has 4 N–H and O–H groups in total. The zero-order valence-corrected chi connectivity index (χ0v) is 19.7. The number of aromatic nitrogens is 1. The molecule has 5 rings (SSSR count). The fourth-order valence-corrected chi connectivity index (χ4v) is 6.01. The normalized spacial score (nSPS) is 21.4. The van der Waals surface area contributed by atoms with E-state index in [0.29, 0.717) is 17.7 Å². The molecule has 7 nitrogen and oxygen atoms in total. The van der Waals surface area contributed by atoms with Gasteiger partial charge in [0.2, 0.25) is 5.50 Å². The van der Waals surface area contributed by atoms with Gasteiger partial charge in [0.25, 0.3) is 0 Å². The van der Waals surface area contributed by atoms with Crippen LogP contribution in [0.15, 0.2) is 59.0 Å². The first-order chi connectivity index (χ1) is 15.8. The summed E-state index contributed by atoms with van der Waals surface area (Å²) in [5.41, 5.74) is 3.32. The van der Waals surface area contributed by atoms with E-state index in [2.05, 4.69) is 12.2 Å². The first-order valence-electron chi connectivity index (χ1n) is 10.9. The van der Waals surface area contributed by atoms with Crippen molar-refractivity contribution in [3.63, 3.8) is 0 Å². The Labute approximate surface area is 195 Å². The highest BCUT2D eigenvalue weighted by Gasteiger charge is 2.27. The number of aliphatic hydroxyl groups excluding tert-OH is 1. The lowest BCUT2D eigenvalue weighted by Crippen LogP contribution is -2.35. The van der Waals surface area contributed by atoms with E-state index >= 15 is 0 Å². The van der Waals surface area contributed by atoms with Crippen LogP contribution in [0.4, 0.5) is 5.13 Å². The minimum atomic E-state index is -4.43. The van der Waals surface area contributed by atoms with Crippen molar-refractivity contribution in [1.29, 1.82) is 0 Å². The van der Waals surface area contributed by atoms with Crippen molar-refractivity contribution in [2.24, 2.45) is 5.92 Å². The van der Waals surface area contributed by atoms with Crippen LogP contribution in [0.25, 0.3) is 32.7 Å². The van der Waals surface area contributed by atoms with Crippen molar-refractivity contribution >= 4 is 39.8 Å². The highest BCUT2D eigenvalue weighted by molar-refractivity contribution is 7.59. The summed E-state index contributed by atoms with van der Waals surface area (Å²) >= 11 is 1.61. The zero-order chi connectivity index (χ0) is 23.2. The van der Waals surface area contributed by atoms with E-state index in [1.807, 2.05) is 42.5 Å². The van der Waals surface area contributed by atoms with Gasteiger partial charge in [-0.25, -0.2) is 4.98 Å². The highest BCUT2D eigenvalue weighted by atomic mass is 32.1. The SMILES string of the molecule is CC1CC(O)CCC1Nc1nc2cccc(-c3cccc(-c4ccc(P(=O)(O)O)o4)c3)c2s1. The molecule has 0 aliphatic heterocycles. The fraction of sp³-hybridized carbons (Fsp3) is 0.292. The number of benzene rings is 2. The number of fused-ring (bicyclic) bond motifs is 1. The molecule has 1 aliphatic rings. The lowest BCUT2D eigenvalue weighted by molar-refractivity contribution is 0.0999. The molecule has 33 heavy (non-hydrogen) atoms. The number of furan rings is 1. The Kier molecular flexibility index (Phi) is 5.89. The summed E-state index contributed by atoms with van der Waals surface area (Å²) in [5.74, 6) is 0.783. The number of aliphatic hydroxyl groups is 1. The van der Waals surface area contributed by atoms with E-state index in [-0.39, 0.29) is 11.6 Å². The van der Waals surface area contributed by atoms with E-state index in [1.165, 1.54) is 6.07 Å². The Morgan fingerprint density at radius 3 is 2.64 bits per heavy atom. The minimum Gasteiger partial charge on any atom is -0.448 e. The molecule has 0 spiro atoms. The molecule has 9 heteroatoms. The number of nitrogens with one attached hydrogen (secondary N) is 1. The molecule has 0 saturated heterocycles. The van der Waals surface area contributed by atoms with Gasteiger partial charge in [0.05, 0.1) is 16.3 Å². The predicted molar refractivity (Wildman–Crippen MR) is 131 cm³/mol. The van der Waals surface area contributed by atoms with Crippen LogP contribution in [0.3, 0.4) is 0 Å². The van der Waals surface area contributed by atoms with Gasteiger partial charge in [0, 0.05) is 17.2 Å². The van der Waals surface area contributed by atoms with Gasteiger partial charge in [-0.2, -0.15) is 0 Å². The van der Waals surface area contributed by atoms with Crippen LogP contribution in [0.5, 0.6) is 0 Å². The number of hydrogen-bond acceptors (Lipinski definition) is 6. The molecule has 172 valence electrons. The summed E-state index contributed by atoms with van der Waals surface area (Å²) in [6.45, 7) is 2.16. The molecule has 2 heterocycles. The van der Waals surface area contributed by atoms with Crippen LogP contribution in [-0.4, -0.2) is 32.0 Å². The molecule has 3 unspecified atom stereocenters. The standard InChI is InChI=1S/C24H25N2O5PS/c1-14-12-17(27)8-9-19(14)25-24-26-20-7-3-6-18(23(20)33-24)15-4-2-5-16(13-15)21-10-11-22(31-21)32(28,29)30/h2-7,10-11,13-14,17,19,27H,8-9,12H2,1H3,(H,25,26)(H2,28,29,30). The average Bonchev–Trinajstić information content (AvgIpc) is 3.42. The lowest BCUT2D eigenvalue weighted by atomic mass is 9.84. The second-order valence-electron chi connectivity index (χ2n) is 8.63. The van der Waals surface area contributed by atoms with E-state index in [0.717, 1.165) is 51.3 Å². The molecule has 2 aromatic heterocycles. The number of thiazole rings is 1. The second kappa shape index (κ2) is 8.70. The van der Waals surface area contributed by atoms with Crippen molar-refractivity contribution < 1.29 is 23.9 Å². The summed E-state index contributed by atoms with van der Waals surface area (Å²) in [7, 11) is -4.43. The molecule has 0 bridgehead atoms. The largest absolute Gasteiger partial charge is 0.448 e. The highest BCUT2D eigenvalue weighted by Crippen LogP contribution is 2.39. The van der Waals surface area contributed by atoms with Crippen molar-refractivity contribution in [3.05, 3.63) is 54.6 Å². The molecule has 2 aromatic carbocycles. The molecule has 4 aromatic rings. The second-order valence-corrected chi connectivity index (χ2v) is 11.2. The third-order valence-corrected chi connectivity index (χ3v) is 8.05. The molecule has 1 aliphatic carbocycles. The molecule has 1 saturated carbocycles. The average molecular weight is 485 g/mol. The maximum absolute atomic E-state index is 11.5. The molecule has 3 atom stereocenters. The number of hydrogen-bond donors (Lipinski definition) is 4. The molecule has 1 fully saturated rings. The van der Waals surface area contributed by atoms with Crippen LogP contribution in [0.2, 0.25) is 0 Å². The summed E-state index contributed by atoms with van der Waals surface area (Å²) in [4.78, 5) is 23.5. The van der Waals surface area contributed by atoms with Gasteiger partial charge in [-0.15, -0.1) is 0 Å². The van der Waals surface area contributed by atoms with E-state index in [1.54, 1.807) is 17.4 Å². The molecular formula is C24H25N2O5PS. The van der Waals surface area contributed by atoms with Crippen molar-refractivity contribution in [2.75, 3.05) is 5.32 Å². The van der Waals surface area contributed by atoms with Crippen LogP contribution < -0.4 is 10.8 Å². The summed E-state index contributed by atoms with van der Waals surface area (Å²) in [6, 6.07) is 16.9. The maximum atomic E-state index is 11.5. The van der Waals surface area contributed by atoms with Crippen molar-refractivity contribution in [3.8, 4) is 22.5 Å². The quantitative estimate of drug-likeness (QED) is 0.295. The van der Waals surface area contributed by atoms with Crippen LogP contribution in [-0.2, 0) is 4.57 Å². The van der Waals surface area contributed by atoms with Gasteiger partial charge in [0.15, 0.2) is 5.13 Å². The topological polar surface area (TPSA) is 116 Å². The van der Waals surface area contributed by atoms with E-state index in [4.69, 9.17) is 9.40 Å². The van der Waals surface area contributed by atoms with Crippen molar-refractivity contribution in [2.45, 2.75) is 38.3 Å². The minimum absolute atomic E-state index is 0.209. The Bertz CT molecular complexity index is 1340. The maximum Gasteiger partial charge on any atom is 0.391 e. The molecular weight excluding hydrogens is 459 g/mol. The van der Waals surface area contributed by atoms with Crippen LogP contribution in [0.1, 0.15) is 26.2 Å². The van der Waals surface area contributed by atoms with Gasteiger partial charge in [-0.1, -0.05) is 48.6 Å². The first-order valence-corrected chi connectivity index (χ1v) is 13.3. The van der Waals surface area contributed by atoms with Crippen molar-refractivity contribution in [1.82, 2.24) is 4.98 Å². The van der Waals surface area contributed by atoms with E-state index < -0.39 is 7.60 Å². The Balaban J connectivity index is 1.46. The van der Waals surface area contributed by atoms with Crippen LogP contribution in [0, 0.1) is 5.92 Å². The number of nitrogens with zero attached hydrogens (tertiary/aromatic N) is 1. The zero-order valence-electron chi connectivity index (χ0n) is 18.0. The summed E-state index contributed by atoms with van der Waals surface area (Å²) < 4.78 is 18.0. The Morgan fingerprint density at radius 2 is 1.88 bits per heavy atom. The van der Waals surface area contributed by atoms with Gasteiger partial charge < -0.3 is 24.6 Å². The Hall–Kier alpha value is -2.48. The van der Waals surface area contributed by atoms with Gasteiger partial charge in [-0.3, -0.25) is 4.57 Å². The fourth-order valence-electron chi connectivity index (χ4n) is 4.46. The summed E-state index contributed by atoms with van der Waals surface area (Å²) in [5, 5.41) is 14.4.